The van der Waals surface area contributed by atoms with Gasteiger partial charge in [0.1, 0.15) is 5.82 Å². The maximum Gasteiger partial charge on any atom is 0.338 e. The Balaban J connectivity index is 1.87. The number of nitrogens with one attached hydrogen (secondary N) is 2. The third kappa shape index (κ3) is 5.70. The average Bonchev–Trinajstić information content (AvgIpc) is 2.68. The maximum atomic E-state index is 13.5. The molecular formula is C19H19FN2O6. The molecule has 0 aliphatic carbocycles. The van der Waals surface area contributed by atoms with Crippen LogP contribution in [0.2, 0.25) is 0 Å². The SMILES string of the molecule is CCOc1ccc(C(=O)OCC(=O)NC(=O)Nc2ccccc2F)cc1OC. The van der Waals surface area contributed by atoms with E-state index in [1.54, 1.807) is 6.07 Å². The smallest absolute Gasteiger partial charge is 0.338 e. The summed E-state index contributed by atoms with van der Waals surface area (Å²) in [7, 11) is 1.43. The number of anilines is 1. The summed E-state index contributed by atoms with van der Waals surface area (Å²) in [5, 5.41) is 4.11. The summed E-state index contributed by atoms with van der Waals surface area (Å²) in [6, 6.07) is 8.93. The Morgan fingerprint density at radius 3 is 2.50 bits per heavy atom. The van der Waals surface area contributed by atoms with Crippen molar-refractivity contribution in [2.45, 2.75) is 6.92 Å². The highest BCUT2D eigenvalue weighted by Crippen LogP contribution is 2.28. The molecular weight excluding hydrogens is 371 g/mol. The topological polar surface area (TPSA) is 103 Å². The molecule has 28 heavy (non-hydrogen) atoms. The number of carbonyl (C=O) groups is 3. The fraction of sp³-hybridized carbons (Fsp3) is 0.211. The summed E-state index contributed by atoms with van der Waals surface area (Å²) in [5.74, 6) is -1.51. The number of hydrogen-bond acceptors (Lipinski definition) is 6. The van der Waals surface area contributed by atoms with Crippen LogP contribution in [0.5, 0.6) is 11.5 Å². The molecule has 8 nitrogen and oxygen atoms in total. The van der Waals surface area contributed by atoms with Gasteiger partial charge in [-0.15, -0.1) is 0 Å². The van der Waals surface area contributed by atoms with Crippen LogP contribution < -0.4 is 20.1 Å². The van der Waals surface area contributed by atoms with Crippen LogP contribution in [-0.2, 0) is 9.53 Å². The summed E-state index contributed by atoms with van der Waals surface area (Å²) in [4.78, 5) is 35.5. The lowest BCUT2D eigenvalue weighted by Crippen LogP contribution is -2.37. The molecule has 0 saturated heterocycles. The lowest BCUT2D eigenvalue weighted by Gasteiger charge is -2.11. The van der Waals surface area contributed by atoms with Crippen molar-refractivity contribution in [3.63, 3.8) is 0 Å². The van der Waals surface area contributed by atoms with Crippen LogP contribution >= 0.6 is 0 Å². The molecule has 2 N–H and O–H groups in total. The van der Waals surface area contributed by atoms with Crippen molar-refractivity contribution in [2.24, 2.45) is 0 Å². The normalized spacial score (nSPS) is 9.96. The minimum Gasteiger partial charge on any atom is -0.493 e. The third-order valence-electron chi connectivity index (χ3n) is 3.41. The summed E-state index contributed by atoms with van der Waals surface area (Å²) >= 11 is 0. The molecule has 0 radical (unpaired) electrons. The van der Waals surface area contributed by atoms with E-state index in [-0.39, 0.29) is 11.3 Å². The molecule has 0 aliphatic rings. The molecule has 0 atom stereocenters. The number of rotatable bonds is 7. The molecule has 9 heteroatoms. The summed E-state index contributed by atoms with van der Waals surface area (Å²) in [5.41, 5.74) is 0.0511. The first-order valence-electron chi connectivity index (χ1n) is 8.28. The van der Waals surface area contributed by atoms with E-state index in [1.807, 2.05) is 12.2 Å². The number of hydrogen-bond donors (Lipinski definition) is 2. The highest BCUT2D eigenvalue weighted by molar-refractivity contribution is 6.02. The molecule has 2 aromatic rings. The van der Waals surface area contributed by atoms with E-state index in [0.29, 0.717) is 18.1 Å². The van der Waals surface area contributed by atoms with E-state index >= 15 is 0 Å². The molecule has 148 valence electrons. The van der Waals surface area contributed by atoms with E-state index in [9.17, 15) is 18.8 Å². The minimum absolute atomic E-state index is 0.0914. The number of benzene rings is 2. The molecule has 0 aliphatic heterocycles. The summed E-state index contributed by atoms with van der Waals surface area (Å²) in [6.07, 6.45) is 0. The van der Waals surface area contributed by atoms with Crippen molar-refractivity contribution >= 4 is 23.6 Å². The second-order valence-corrected chi connectivity index (χ2v) is 5.36. The minimum atomic E-state index is -0.950. The zero-order valence-corrected chi connectivity index (χ0v) is 15.3. The molecule has 0 spiro atoms. The second kappa shape index (κ2) is 9.91. The first kappa shape index (κ1) is 20.7. The van der Waals surface area contributed by atoms with Crippen LogP contribution in [0, 0.1) is 5.82 Å². The Labute approximate surface area is 160 Å². The van der Waals surface area contributed by atoms with Crippen molar-refractivity contribution in [2.75, 3.05) is 25.6 Å². The Kier molecular flexibility index (Phi) is 7.32. The van der Waals surface area contributed by atoms with Crippen molar-refractivity contribution in [3.05, 3.63) is 53.8 Å². The van der Waals surface area contributed by atoms with E-state index in [0.717, 1.165) is 6.07 Å². The number of carbonyl (C=O) groups excluding carboxylic acids is 3. The van der Waals surface area contributed by atoms with Gasteiger partial charge < -0.3 is 19.5 Å². The number of halogens is 1. The molecule has 0 unspecified atom stereocenters. The standard InChI is InChI=1S/C19H19FN2O6/c1-3-27-15-9-8-12(10-16(15)26-2)18(24)28-11-17(23)22-19(25)21-14-7-5-4-6-13(14)20/h4-10H,3,11H2,1-2H3,(H2,21,22,23,25). The lowest BCUT2D eigenvalue weighted by molar-refractivity contribution is -0.123. The first-order valence-corrected chi connectivity index (χ1v) is 8.28. The number of methoxy groups -OCH3 is 1. The van der Waals surface area contributed by atoms with Gasteiger partial charge >= 0.3 is 12.0 Å². The Morgan fingerprint density at radius 1 is 1.07 bits per heavy atom. The van der Waals surface area contributed by atoms with Crippen LogP contribution in [0.4, 0.5) is 14.9 Å². The van der Waals surface area contributed by atoms with Crippen LogP contribution in [0.25, 0.3) is 0 Å². The molecule has 3 amide bonds. The molecule has 0 aromatic heterocycles. The van der Waals surface area contributed by atoms with Gasteiger partial charge in [0.25, 0.3) is 5.91 Å². The van der Waals surface area contributed by atoms with Crippen molar-refractivity contribution in [1.29, 1.82) is 0 Å². The molecule has 0 saturated carbocycles. The number of ether oxygens (including phenoxy) is 3. The van der Waals surface area contributed by atoms with Gasteiger partial charge in [-0.3, -0.25) is 10.1 Å². The van der Waals surface area contributed by atoms with Gasteiger partial charge in [0, 0.05) is 0 Å². The number of esters is 1. The predicted octanol–water partition coefficient (Wildman–Crippen LogP) is 2.74. The van der Waals surface area contributed by atoms with Gasteiger partial charge in [-0.1, -0.05) is 12.1 Å². The summed E-state index contributed by atoms with van der Waals surface area (Å²) < 4.78 is 28.8. The highest BCUT2D eigenvalue weighted by atomic mass is 19.1. The van der Waals surface area contributed by atoms with Crippen LogP contribution in [-0.4, -0.2) is 38.2 Å². The Hall–Kier alpha value is -3.62. The first-order chi connectivity index (χ1) is 13.4. The summed E-state index contributed by atoms with van der Waals surface area (Å²) in [6.45, 7) is 1.54. The maximum absolute atomic E-state index is 13.5. The Morgan fingerprint density at radius 2 is 1.82 bits per heavy atom. The van der Waals surface area contributed by atoms with Crippen LogP contribution in [0.1, 0.15) is 17.3 Å². The van der Waals surface area contributed by atoms with Gasteiger partial charge in [-0.05, 0) is 37.3 Å². The second-order valence-electron chi connectivity index (χ2n) is 5.36. The van der Waals surface area contributed by atoms with Gasteiger partial charge in [-0.25, -0.2) is 14.0 Å². The van der Waals surface area contributed by atoms with E-state index < -0.39 is 30.3 Å². The molecule has 0 heterocycles. The number of urea groups is 1. The quantitative estimate of drug-likeness (QED) is 0.705. The van der Waals surface area contributed by atoms with Gasteiger partial charge in [0.15, 0.2) is 18.1 Å². The number of imide groups is 1. The fourth-order valence-electron chi connectivity index (χ4n) is 2.16. The van der Waals surface area contributed by atoms with Crippen LogP contribution in [0.3, 0.4) is 0 Å². The van der Waals surface area contributed by atoms with E-state index in [1.165, 1.54) is 37.4 Å². The zero-order chi connectivity index (χ0) is 20.5. The van der Waals surface area contributed by atoms with Crippen molar-refractivity contribution in [1.82, 2.24) is 5.32 Å². The van der Waals surface area contributed by atoms with Crippen molar-refractivity contribution in [3.8, 4) is 11.5 Å². The van der Waals surface area contributed by atoms with Gasteiger partial charge in [0.05, 0.1) is 25.0 Å². The number of para-hydroxylation sites is 1. The molecule has 2 aromatic carbocycles. The lowest BCUT2D eigenvalue weighted by atomic mass is 10.2. The largest absolute Gasteiger partial charge is 0.493 e. The van der Waals surface area contributed by atoms with Gasteiger partial charge in [0.2, 0.25) is 0 Å². The monoisotopic (exact) mass is 390 g/mol. The molecule has 0 bridgehead atoms. The van der Waals surface area contributed by atoms with Crippen molar-refractivity contribution < 1.29 is 33.0 Å². The zero-order valence-electron chi connectivity index (χ0n) is 15.3. The number of amides is 3. The molecule has 2 rings (SSSR count). The third-order valence-corrected chi connectivity index (χ3v) is 3.41. The molecule has 0 fully saturated rings. The van der Waals surface area contributed by atoms with Crippen LogP contribution in [0.15, 0.2) is 42.5 Å². The predicted molar refractivity (Wildman–Crippen MR) is 98.0 cm³/mol. The highest BCUT2D eigenvalue weighted by Gasteiger charge is 2.15. The van der Waals surface area contributed by atoms with E-state index in [2.05, 4.69) is 5.32 Å². The average molecular weight is 390 g/mol. The Bertz CT molecular complexity index is 871. The van der Waals surface area contributed by atoms with E-state index in [4.69, 9.17) is 14.2 Å². The van der Waals surface area contributed by atoms with Gasteiger partial charge in [-0.2, -0.15) is 0 Å². The fourth-order valence-corrected chi connectivity index (χ4v) is 2.16.